The first kappa shape index (κ1) is 15.0. The van der Waals surface area contributed by atoms with E-state index in [9.17, 15) is 15.0 Å². The number of aliphatic hydroxyl groups is 2. The van der Waals surface area contributed by atoms with Gasteiger partial charge in [0.25, 0.3) is 0 Å². The SMILES string of the molecule is CCc1cccc(C)c1NC(=O)CN1CC(O)C(O)C1. The number of aryl methyl sites for hydroxylation is 2. The Morgan fingerprint density at radius 2 is 2.00 bits per heavy atom. The summed E-state index contributed by atoms with van der Waals surface area (Å²) in [5.74, 6) is -0.115. The monoisotopic (exact) mass is 278 g/mol. The lowest BCUT2D eigenvalue weighted by molar-refractivity contribution is -0.117. The Hall–Kier alpha value is -1.43. The number of aliphatic hydroxyl groups excluding tert-OH is 2. The second-order valence-electron chi connectivity index (χ2n) is 5.34. The first-order chi connectivity index (χ1) is 9.51. The normalized spacial score (nSPS) is 23.0. The van der Waals surface area contributed by atoms with Crippen LogP contribution in [0, 0.1) is 6.92 Å². The van der Waals surface area contributed by atoms with Gasteiger partial charge in [-0.05, 0) is 24.5 Å². The summed E-state index contributed by atoms with van der Waals surface area (Å²) in [6, 6.07) is 5.96. The van der Waals surface area contributed by atoms with E-state index in [0.29, 0.717) is 13.1 Å². The predicted octanol–water partition coefficient (Wildman–Crippen LogP) is 0.533. The van der Waals surface area contributed by atoms with Gasteiger partial charge < -0.3 is 15.5 Å². The molecule has 0 aliphatic carbocycles. The standard InChI is InChI=1S/C15H22N2O3/c1-3-11-6-4-5-10(2)15(11)16-14(20)9-17-7-12(18)13(19)8-17/h4-6,12-13,18-19H,3,7-9H2,1-2H3,(H,16,20). The zero-order valence-corrected chi connectivity index (χ0v) is 12.0. The summed E-state index contributed by atoms with van der Waals surface area (Å²) in [5.41, 5.74) is 3.03. The fourth-order valence-electron chi connectivity index (χ4n) is 2.56. The summed E-state index contributed by atoms with van der Waals surface area (Å²) in [6.45, 7) is 4.88. The molecule has 3 N–H and O–H groups in total. The number of β-amino-alcohol motifs (C(OH)–C–C–N with tert-alkyl or cyclic N) is 2. The van der Waals surface area contributed by atoms with Gasteiger partial charge in [-0.1, -0.05) is 25.1 Å². The van der Waals surface area contributed by atoms with Crippen molar-refractivity contribution in [3.63, 3.8) is 0 Å². The number of carbonyl (C=O) groups is 1. The van der Waals surface area contributed by atoms with Crippen LogP contribution >= 0.6 is 0 Å². The number of nitrogens with one attached hydrogen (secondary N) is 1. The average molecular weight is 278 g/mol. The highest BCUT2D eigenvalue weighted by atomic mass is 16.3. The van der Waals surface area contributed by atoms with E-state index in [4.69, 9.17) is 0 Å². The van der Waals surface area contributed by atoms with Crippen molar-refractivity contribution in [3.05, 3.63) is 29.3 Å². The Morgan fingerprint density at radius 1 is 1.35 bits per heavy atom. The minimum absolute atomic E-state index is 0.115. The third kappa shape index (κ3) is 3.36. The zero-order chi connectivity index (χ0) is 14.7. The van der Waals surface area contributed by atoms with Gasteiger partial charge in [0.1, 0.15) is 0 Å². The number of hydrogen-bond donors (Lipinski definition) is 3. The van der Waals surface area contributed by atoms with Crippen LogP contribution < -0.4 is 5.32 Å². The van der Waals surface area contributed by atoms with Gasteiger partial charge in [0.2, 0.25) is 5.91 Å². The molecule has 1 saturated heterocycles. The van der Waals surface area contributed by atoms with Crippen molar-refractivity contribution in [3.8, 4) is 0 Å². The Morgan fingerprint density at radius 3 is 2.60 bits per heavy atom. The Kier molecular flexibility index (Phi) is 4.75. The van der Waals surface area contributed by atoms with E-state index >= 15 is 0 Å². The molecule has 2 unspecified atom stereocenters. The number of benzene rings is 1. The van der Waals surface area contributed by atoms with Gasteiger partial charge in [-0.15, -0.1) is 0 Å². The van der Waals surface area contributed by atoms with Crippen molar-refractivity contribution in [1.82, 2.24) is 4.90 Å². The molecule has 5 nitrogen and oxygen atoms in total. The average Bonchev–Trinajstić information content (AvgIpc) is 2.70. The van der Waals surface area contributed by atoms with Crippen molar-refractivity contribution in [1.29, 1.82) is 0 Å². The quantitative estimate of drug-likeness (QED) is 0.751. The topological polar surface area (TPSA) is 72.8 Å². The van der Waals surface area contributed by atoms with E-state index < -0.39 is 12.2 Å². The van der Waals surface area contributed by atoms with Crippen LogP contribution in [-0.2, 0) is 11.2 Å². The van der Waals surface area contributed by atoms with Crippen LogP contribution in [0.1, 0.15) is 18.1 Å². The van der Waals surface area contributed by atoms with E-state index in [1.54, 1.807) is 4.90 Å². The Labute approximate surface area is 119 Å². The van der Waals surface area contributed by atoms with Crippen LogP contribution in [0.4, 0.5) is 5.69 Å². The molecular weight excluding hydrogens is 256 g/mol. The molecule has 1 aliphatic rings. The Balaban J connectivity index is 1.99. The molecule has 110 valence electrons. The Bertz CT molecular complexity index is 480. The lowest BCUT2D eigenvalue weighted by Crippen LogP contribution is -2.32. The van der Waals surface area contributed by atoms with E-state index in [1.165, 1.54) is 0 Å². The van der Waals surface area contributed by atoms with Crippen LogP contribution in [0.15, 0.2) is 18.2 Å². The maximum Gasteiger partial charge on any atom is 0.238 e. The highest BCUT2D eigenvalue weighted by molar-refractivity contribution is 5.93. The van der Waals surface area contributed by atoms with E-state index in [2.05, 4.69) is 12.2 Å². The van der Waals surface area contributed by atoms with Crippen LogP contribution in [-0.4, -0.2) is 52.9 Å². The van der Waals surface area contributed by atoms with Crippen molar-refractivity contribution in [2.45, 2.75) is 32.5 Å². The van der Waals surface area contributed by atoms with Gasteiger partial charge >= 0.3 is 0 Å². The largest absolute Gasteiger partial charge is 0.389 e. The van der Waals surface area contributed by atoms with Gasteiger partial charge in [0, 0.05) is 18.8 Å². The molecule has 1 heterocycles. The number of rotatable bonds is 4. The van der Waals surface area contributed by atoms with Crippen molar-refractivity contribution >= 4 is 11.6 Å². The predicted molar refractivity (Wildman–Crippen MR) is 77.6 cm³/mol. The molecule has 2 atom stereocenters. The van der Waals surface area contributed by atoms with Gasteiger partial charge in [-0.2, -0.15) is 0 Å². The fraction of sp³-hybridized carbons (Fsp3) is 0.533. The second kappa shape index (κ2) is 6.35. The molecule has 0 aromatic heterocycles. The van der Waals surface area contributed by atoms with Crippen LogP contribution in [0.25, 0.3) is 0 Å². The molecule has 1 aromatic rings. The second-order valence-corrected chi connectivity index (χ2v) is 5.34. The number of anilines is 1. The van der Waals surface area contributed by atoms with Crippen molar-refractivity contribution in [2.24, 2.45) is 0 Å². The minimum atomic E-state index is -0.757. The molecule has 2 rings (SSSR count). The molecule has 0 saturated carbocycles. The van der Waals surface area contributed by atoms with Gasteiger partial charge in [0.05, 0.1) is 18.8 Å². The van der Waals surface area contributed by atoms with E-state index in [-0.39, 0.29) is 12.5 Å². The third-order valence-electron chi connectivity index (χ3n) is 3.71. The first-order valence-electron chi connectivity index (χ1n) is 6.98. The minimum Gasteiger partial charge on any atom is -0.389 e. The highest BCUT2D eigenvalue weighted by Crippen LogP contribution is 2.21. The molecule has 1 fully saturated rings. The summed E-state index contributed by atoms with van der Waals surface area (Å²) in [5, 5.41) is 21.9. The van der Waals surface area contributed by atoms with Crippen LogP contribution in [0.5, 0.6) is 0 Å². The molecule has 20 heavy (non-hydrogen) atoms. The maximum atomic E-state index is 12.1. The number of amides is 1. The van der Waals surface area contributed by atoms with Crippen molar-refractivity contribution in [2.75, 3.05) is 25.0 Å². The molecule has 0 spiro atoms. The van der Waals surface area contributed by atoms with E-state index in [0.717, 1.165) is 23.2 Å². The number of likely N-dealkylation sites (tertiary alicyclic amines) is 1. The fourth-order valence-corrected chi connectivity index (χ4v) is 2.56. The summed E-state index contributed by atoms with van der Waals surface area (Å²) >= 11 is 0. The zero-order valence-electron chi connectivity index (χ0n) is 12.0. The number of hydrogen-bond acceptors (Lipinski definition) is 4. The third-order valence-corrected chi connectivity index (χ3v) is 3.71. The number of para-hydroxylation sites is 1. The van der Waals surface area contributed by atoms with Crippen LogP contribution in [0.2, 0.25) is 0 Å². The lowest BCUT2D eigenvalue weighted by Gasteiger charge is -2.17. The molecule has 1 amide bonds. The highest BCUT2D eigenvalue weighted by Gasteiger charge is 2.30. The van der Waals surface area contributed by atoms with Gasteiger partial charge in [0.15, 0.2) is 0 Å². The molecular formula is C15H22N2O3. The first-order valence-corrected chi connectivity index (χ1v) is 6.98. The number of nitrogens with zero attached hydrogens (tertiary/aromatic N) is 1. The smallest absolute Gasteiger partial charge is 0.238 e. The maximum absolute atomic E-state index is 12.1. The van der Waals surface area contributed by atoms with Gasteiger partial charge in [-0.3, -0.25) is 9.69 Å². The molecule has 1 aliphatic heterocycles. The molecule has 1 aromatic carbocycles. The van der Waals surface area contributed by atoms with Crippen molar-refractivity contribution < 1.29 is 15.0 Å². The van der Waals surface area contributed by atoms with E-state index in [1.807, 2.05) is 25.1 Å². The van der Waals surface area contributed by atoms with Gasteiger partial charge in [-0.25, -0.2) is 0 Å². The summed E-state index contributed by atoms with van der Waals surface area (Å²) in [4.78, 5) is 13.8. The molecule has 0 radical (unpaired) electrons. The number of carbonyl (C=O) groups excluding carboxylic acids is 1. The molecule has 5 heteroatoms. The summed E-state index contributed by atoms with van der Waals surface area (Å²) in [7, 11) is 0. The summed E-state index contributed by atoms with van der Waals surface area (Å²) in [6.07, 6.45) is -0.654. The lowest BCUT2D eigenvalue weighted by atomic mass is 10.1. The molecule has 0 bridgehead atoms. The summed E-state index contributed by atoms with van der Waals surface area (Å²) < 4.78 is 0. The van der Waals surface area contributed by atoms with Crippen LogP contribution in [0.3, 0.4) is 0 Å².